The predicted octanol–water partition coefficient (Wildman–Crippen LogP) is 4.35. The average molecular weight is 209 g/mol. The van der Waals surface area contributed by atoms with Crippen molar-refractivity contribution >= 4 is 8.80 Å². The van der Waals surface area contributed by atoms with Gasteiger partial charge in [-0.3, -0.25) is 0 Å². The molecule has 0 spiro atoms. The van der Waals surface area contributed by atoms with Crippen LogP contribution in [0.1, 0.15) is 45.4 Å². The van der Waals surface area contributed by atoms with E-state index in [0.29, 0.717) is 0 Å². The molecule has 0 aromatic carbocycles. The van der Waals surface area contributed by atoms with E-state index < -0.39 is 0 Å². The van der Waals surface area contributed by atoms with E-state index in [2.05, 4.69) is 13.5 Å². The van der Waals surface area contributed by atoms with Gasteiger partial charge in [-0.25, -0.2) is 0 Å². The minimum absolute atomic E-state index is 0.126. The second-order valence-electron chi connectivity index (χ2n) is 5.81. The van der Waals surface area contributed by atoms with Crippen LogP contribution in [0.3, 0.4) is 0 Å². The zero-order chi connectivity index (χ0) is 9.97. The molecule has 1 aliphatic carbocycles. The van der Waals surface area contributed by atoms with Gasteiger partial charge in [0.05, 0.1) is 18.6 Å². The first-order valence-electron chi connectivity index (χ1n) is 6.57. The van der Waals surface area contributed by atoms with Crippen molar-refractivity contribution in [2.24, 2.45) is 17.8 Å². The Bertz CT molecular complexity index is 142. The first kappa shape index (κ1) is 10.7. The maximum Gasteiger partial charge on any atom is 0.311 e. The zero-order valence-corrected chi connectivity index (χ0v) is 10.9. The molecular weight excluding hydrogens is 184 g/mol. The normalized spacial score (nSPS) is 36.0. The molecular formula is C13H25Si+. The van der Waals surface area contributed by atoms with E-state index in [1.165, 1.54) is 12.8 Å². The molecule has 0 N–H and O–H groups in total. The molecule has 80 valence electrons. The maximum absolute atomic E-state index is 2.53. The molecule has 0 aromatic rings. The first-order valence-corrected chi connectivity index (χ1v) is 8.98. The summed E-state index contributed by atoms with van der Waals surface area (Å²) in [5.41, 5.74) is 0. The van der Waals surface area contributed by atoms with Crippen LogP contribution in [0.25, 0.3) is 0 Å². The van der Waals surface area contributed by atoms with Crippen molar-refractivity contribution < 1.29 is 0 Å². The summed E-state index contributed by atoms with van der Waals surface area (Å²) in [6.07, 6.45) is 9.32. The van der Waals surface area contributed by atoms with Crippen molar-refractivity contribution in [2.75, 3.05) is 0 Å². The van der Waals surface area contributed by atoms with E-state index in [4.69, 9.17) is 0 Å². The molecule has 1 heteroatoms. The summed E-state index contributed by atoms with van der Waals surface area (Å²) in [4.78, 5) is 0. The van der Waals surface area contributed by atoms with E-state index >= 15 is 0 Å². The maximum atomic E-state index is 2.53. The Balaban J connectivity index is 1.78. The summed E-state index contributed by atoms with van der Waals surface area (Å²) >= 11 is 0. The van der Waals surface area contributed by atoms with Gasteiger partial charge in [-0.1, -0.05) is 19.8 Å². The Morgan fingerprint density at radius 1 is 0.786 bits per heavy atom. The molecule has 0 bridgehead atoms. The lowest BCUT2D eigenvalue weighted by Crippen LogP contribution is -2.26. The fraction of sp³-hybridized carbons (Fsp3) is 1.00. The SMILES string of the molecule is CC1CCC(C2CC[Si+](C)CC2)CC1. The average Bonchev–Trinajstić information content (AvgIpc) is 2.21. The lowest BCUT2D eigenvalue weighted by Gasteiger charge is -2.33. The summed E-state index contributed by atoms with van der Waals surface area (Å²) in [7, 11) is 0.126. The Morgan fingerprint density at radius 2 is 1.29 bits per heavy atom. The van der Waals surface area contributed by atoms with Gasteiger partial charge in [0.15, 0.2) is 0 Å². The van der Waals surface area contributed by atoms with E-state index in [9.17, 15) is 0 Å². The fourth-order valence-electron chi connectivity index (χ4n) is 3.36. The second-order valence-corrected chi connectivity index (χ2v) is 8.73. The topological polar surface area (TPSA) is 0 Å². The highest BCUT2D eigenvalue weighted by Crippen LogP contribution is 2.39. The van der Waals surface area contributed by atoms with Crippen LogP contribution in [0.15, 0.2) is 0 Å². The molecule has 0 aromatic heterocycles. The standard InChI is InChI=1S/C13H25Si/c1-11-3-5-12(6-4-11)13-7-9-14(2)10-8-13/h11-13H,3-10H2,1-2H3/q+1. The number of hydrogen-bond donors (Lipinski definition) is 0. The molecule has 2 fully saturated rings. The fourth-order valence-corrected chi connectivity index (χ4v) is 5.34. The van der Waals surface area contributed by atoms with E-state index in [-0.39, 0.29) is 8.80 Å². The Kier molecular flexibility index (Phi) is 3.70. The molecule has 0 radical (unpaired) electrons. The van der Waals surface area contributed by atoms with Crippen LogP contribution in [0.2, 0.25) is 18.6 Å². The van der Waals surface area contributed by atoms with Gasteiger partial charge in [-0.05, 0) is 43.4 Å². The van der Waals surface area contributed by atoms with Gasteiger partial charge >= 0.3 is 8.80 Å². The molecule has 2 rings (SSSR count). The van der Waals surface area contributed by atoms with Crippen LogP contribution >= 0.6 is 0 Å². The van der Waals surface area contributed by atoms with E-state index in [1.807, 2.05) is 0 Å². The van der Waals surface area contributed by atoms with Gasteiger partial charge in [0.1, 0.15) is 0 Å². The third-order valence-corrected chi connectivity index (χ3v) is 6.90. The summed E-state index contributed by atoms with van der Waals surface area (Å²) < 4.78 is 0. The van der Waals surface area contributed by atoms with E-state index in [1.54, 1.807) is 37.8 Å². The minimum atomic E-state index is 0.126. The molecule has 1 saturated heterocycles. The van der Waals surface area contributed by atoms with Gasteiger partial charge in [0.2, 0.25) is 0 Å². The summed E-state index contributed by atoms with van der Waals surface area (Å²) in [6.45, 7) is 4.97. The lowest BCUT2D eigenvalue weighted by molar-refractivity contribution is 0.199. The van der Waals surface area contributed by atoms with Gasteiger partial charge in [0.25, 0.3) is 0 Å². The molecule has 0 nitrogen and oxygen atoms in total. The third kappa shape index (κ3) is 2.62. The van der Waals surface area contributed by atoms with Crippen LogP contribution < -0.4 is 0 Å². The molecule has 0 unspecified atom stereocenters. The second kappa shape index (κ2) is 4.83. The Hall–Kier alpha value is 0.217. The number of hydrogen-bond acceptors (Lipinski definition) is 0. The number of rotatable bonds is 1. The van der Waals surface area contributed by atoms with Crippen LogP contribution in [-0.2, 0) is 0 Å². The largest absolute Gasteiger partial charge is 0.311 e. The van der Waals surface area contributed by atoms with Gasteiger partial charge < -0.3 is 0 Å². The molecule has 1 saturated carbocycles. The van der Waals surface area contributed by atoms with Crippen molar-refractivity contribution in [3.63, 3.8) is 0 Å². The van der Waals surface area contributed by atoms with Crippen molar-refractivity contribution in [2.45, 2.75) is 64.1 Å². The molecule has 1 heterocycles. The van der Waals surface area contributed by atoms with Crippen molar-refractivity contribution in [3.05, 3.63) is 0 Å². The van der Waals surface area contributed by atoms with Gasteiger partial charge in [0, 0.05) is 0 Å². The van der Waals surface area contributed by atoms with Crippen LogP contribution in [-0.4, -0.2) is 8.80 Å². The van der Waals surface area contributed by atoms with Crippen molar-refractivity contribution in [1.82, 2.24) is 0 Å². The highest BCUT2D eigenvalue weighted by Gasteiger charge is 2.34. The molecule has 1 aliphatic heterocycles. The summed E-state index contributed by atoms with van der Waals surface area (Å²) in [6, 6.07) is 3.22. The van der Waals surface area contributed by atoms with Crippen LogP contribution in [0.5, 0.6) is 0 Å². The smallest absolute Gasteiger partial charge is 0.0625 e. The third-order valence-electron chi connectivity index (χ3n) is 4.61. The molecule has 2 aliphatic rings. The van der Waals surface area contributed by atoms with E-state index in [0.717, 1.165) is 17.8 Å². The molecule has 0 atom stereocenters. The quantitative estimate of drug-likeness (QED) is 0.563. The Labute approximate surface area is 91.1 Å². The summed E-state index contributed by atoms with van der Waals surface area (Å²) in [5, 5.41) is 0. The monoisotopic (exact) mass is 209 g/mol. The molecule has 0 amide bonds. The molecule has 14 heavy (non-hydrogen) atoms. The highest BCUT2D eigenvalue weighted by atomic mass is 28.3. The minimum Gasteiger partial charge on any atom is -0.0625 e. The van der Waals surface area contributed by atoms with Crippen molar-refractivity contribution in [3.8, 4) is 0 Å². The van der Waals surface area contributed by atoms with Gasteiger partial charge in [-0.15, -0.1) is 0 Å². The van der Waals surface area contributed by atoms with Crippen LogP contribution in [0.4, 0.5) is 0 Å². The summed E-state index contributed by atoms with van der Waals surface area (Å²) in [5.74, 6) is 3.29. The zero-order valence-electron chi connectivity index (χ0n) is 9.89. The predicted molar refractivity (Wildman–Crippen MR) is 65.1 cm³/mol. The lowest BCUT2D eigenvalue weighted by atomic mass is 9.74. The van der Waals surface area contributed by atoms with Crippen molar-refractivity contribution in [1.29, 1.82) is 0 Å². The van der Waals surface area contributed by atoms with Crippen LogP contribution in [0, 0.1) is 17.8 Å². The Morgan fingerprint density at radius 3 is 1.86 bits per heavy atom. The van der Waals surface area contributed by atoms with Gasteiger partial charge in [-0.2, -0.15) is 0 Å². The highest BCUT2D eigenvalue weighted by molar-refractivity contribution is 6.57. The first-order chi connectivity index (χ1) is 6.75.